The van der Waals surface area contributed by atoms with Crippen LogP contribution in [0.15, 0.2) is 54.9 Å². The molecule has 3 aromatic heterocycles. The lowest BCUT2D eigenvalue weighted by molar-refractivity contribution is -0.139. The molecule has 2 amide bonds. The molecular weight excluding hydrogens is 535 g/mol. The zero-order valence-electron chi connectivity index (χ0n) is 22.1. The van der Waals surface area contributed by atoms with E-state index >= 15 is 0 Å². The molecule has 4 heterocycles. The highest BCUT2D eigenvalue weighted by molar-refractivity contribution is 6.04. The van der Waals surface area contributed by atoms with Gasteiger partial charge in [0.25, 0.3) is 5.91 Å². The lowest BCUT2D eigenvalue weighted by atomic mass is 9.83. The van der Waals surface area contributed by atoms with Crippen molar-refractivity contribution >= 4 is 34.4 Å². The van der Waals surface area contributed by atoms with Crippen molar-refractivity contribution in [3.8, 4) is 5.69 Å². The predicted octanol–water partition coefficient (Wildman–Crippen LogP) is 5.17. The van der Waals surface area contributed by atoms with Gasteiger partial charge in [0.15, 0.2) is 0 Å². The van der Waals surface area contributed by atoms with Gasteiger partial charge in [-0.1, -0.05) is 6.42 Å². The number of hydrogen-bond donors (Lipinski definition) is 2. The molecule has 212 valence electrons. The highest BCUT2D eigenvalue weighted by Crippen LogP contribution is 2.36. The van der Waals surface area contributed by atoms with E-state index in [1.807, 2.05) is 11.0 Å². The van der Waals surface area contributed by atoms with Crippen LogP contribution in [-0.4, -0.2) is 49.6 Å². The van der Waals surface area contributed by atoms with Crippen LogP contribution < -0.4 is 11.1 Å². The number of nitrogens with one attached hydrogen (secondary N) is 1. The van der Waals surface area contributed by atoms with Crippen LogP contribution in [0.4, 0.5) is 24.8 Å². The number of carbonyl (C=O) groups is 2. The molecule has 4 aromatic rings. The van der Waals surface area contributed by atoms with E-state index in [9.17, 15) is 22.8 Å². The first kappa shape index (κ1) is 26.7. The molecule has 0 radical (unpaired) electrons. The number of nitrogen functional groups attached to an aromatic ring is 1. The molecule has 1 aliphatic heterocycles. The highest BCUT2D eigenvalue weighted by Gasteiger charge is 2.34. The van der Waals surface area contributed by atoms with Gasteiger partial charge in [0.05, 0.1) is 16.9 Å². The Morgan fingerprint density at radius 2 is 1.73 bits per heavy atom. The Hall–Kier alpha value is -4.48. The summed E-state index contributed by atoms with van der Waals surface area (Å²) in [6.45, 7) is 1.36. The number of piperidine rings is 1. The van der Waals surface area contributed by atoms with Crippen LogP contribution in [0.5, 0.6) is 0 Å². The number of hydrogen-bond acceptors (Lipinski definition) is 6. The Kier molecular flexibility index (Phi) is 6.84. The number of pyridine rings is 2. The molecule has 2 fully saturated rings. The minimum Gasteiger partial charge on any atom is -0.382 e. The van der Waals surface area contributed by atoms with E-state index in [2.05, 4.69) is 15.3 Å². The summed E-state index contributed by atoms with van der Waals surface area (Å²) in [4.78, 5) is 35.7. The summed E-state index contributed by atoms with van der Waals surface area (Å²) in [6.07, 6.45) is 2.91. The monoisotopic (exact) mass is 563 g/mol. The third kappa shape index (κ3) is 5.21. The number of amides is 2. The number of nitrogens with two attached hydrogens (primary N) is 1. The fourth-order valence-electron chi connectivity index (χ4n) is 5.53. The van der Waals surface area contributed by atoms with Crippen LogP contribution >= 0.6 is 0 Å². The van der Waals surface area contributed by atoms with Crippen molar-refractivity contribution in [2.75, 3.05) is 24.1 Å². The molecule has 1 atom stereocenters. The van der Waals surface area contributed by atoms with Crippen LogP contribution in [0.1, 0.15) is 59.6 Å². The van der Waals surface area contributed by atoms with Crippen molar-refractivity contribution in [3.63, 3.8) is 0 Å². The number of fused-ring (bicyclic) bond motifs is 1. The van der Waals surface area contributed by atoms with Crippen LogP contribution in [0, 0.1) is 5.92 Å². The molecule has 2 aliphatic rings. The molecule has 9 nitrogen and oxygen atoms in total. The maximum absolute atomic E-state index is 13.0. The zero-order valence-corrected chi connectivity index (χ0v) is 22.1. The van der Waals surface area contributed by atoms with Gasteiger partial charge in [0.2, 0.25) is 5.91 Å². The van der Waals surface area contributed by atoms with Gasteiger partial charge in [0.1, 0.15) is 17.2 Å². The van der Waals surface area contributed by atoms with Crippen molar-refractivity contribution in [2.24, 2.45) is 5.92 Å². The van der Waals surface area contributed by atoms with Gasteiger partial charge in [-0.15, -0.1) is 0 Å². The van der Waals surface area contributed by atoms with Crippen molar-refractivity contribution in [2.45, 2.75) is 44.2 Å². The number of likely N-dealkylation sites (tertiary alicyclic amines) is 1. The van der Waals surface area contributed by atoms with E-state index in [0.717, 1.165) is 68.1 Å². The average Bonchev–Trinajstić information content (AvgIpc) is 3.33. The van der Waals surface area contributed by atoms with Crippen LogP contribution in [-0.2, 0) is 11.0 Å². The molecule has 0 unspecified atom stereocenters. The Morgan fingerprint density at radius 3 is 2.44 bits per heavy atom. The molecular formula is C29H28F3N7O2. The topological polar surface area (TPSA) is 119 Å². The fraction of sp³-hybridized carbons (Fsp3) is 0.345. The molecule has 41 heavy (non-hydrogen) atoms. The molecule has 1 saturated heterocycles. The van der Waals surface area contributed by atoms with Crippen LogP contribution in [0.25, 0.3) is 16.6 Å². The molecule has 6 rings (SSSR count). The summed E-state index contributed by atoms with van der Waals surface area (Å²) < 4.78 is 40.7. The van der Waals surface area contributed by atoms with E-state index in [-0.39, 0.29) is 29.1 Å². The maximum Gasteiger partial charge on any atom is 0.416 e. The number of rotatable bonds is 5. The Bertz CT molecular complexity index is 1610. The Labute approximate surface area is 233 Å². The van der Waals surface area contributed by atoms with Gasteiger partial charge in [0, 0.05) is 48.3 Å². The minimum absolute atomic E-state index is 0.0448. The van der Waals surface area contributed by atoms with Gasteiger partial charge in [-0.2, -0.15) is 18.3 Å². The lowest BCUT2D eigenvalue weighted by Gasteiger charge is -2.36. The van der Waals surface area contributed by atoms with Crippen LogP contribution in [0.3, 0.4) is 0 Å². The fourth-order valence-corrected chi connectivity index (χ4v) is 5.53. The Morgan fingerprint density at radius 1 is 0.976 bits per heavy atom. The normalized spacial score (nSPS) is 17.8. The van der Waals surface area contributed by atoms with E-state index in [1.54, 1.807) is 35.1 Å². The predicted molar refractivity (Wildman–Crippen MR) is 146 cm³/mol. The molecule has 3 N–H and O–H groups in total. The van der Waals surface area contributed by atoms with E-state index < -0.39 is 17.6 Å². The first-order chi connectivity index (χ1) is 19.7. The maximum atomic E-state index is 13.0. The van der Waals surface area contributed by atoms with Gasteiger partial charge in [-0.3, -0.25) is 9.59 Å². The molecule has 0 bridgehead atoms. The third-order valence-electron chi connectivity index (χ3n) is 7.93. The van der Waals surface area contributed by atoms with Crippen molar-refractivity contribution < 1.29 is 22.8 Å². The molecule has 1 aliphatic carbocycles. The standard InChI is InChI=1S/C29H28F3N7O2/c30-29(31,32)20-10-12-34-23(15-20)36-27(40)17-6-8-21(9-7-17)39-25-22(11-13-35-26(25)33)24(37-39)19-5-2-14-38(16-19)28(41)18-3-1-4-18/h6-13,15,18-19H,1-5,14,16H2,(H2,33,35)(H,34,36,40)/t19-/m1/s1. The number of nitrogens with zero attached hydrogens (tertiary/aromatic N) is 5. The molecule has 12 heteroatoms. The summed E-state index contributed by atoms with van der Waals surface area (Å²) in [5, 5.41) is 8.20. The number of alkyl halides is 3. The third-order valence-corrected chi connectivity index (χ3v) is 7.93. The molecule has 0 spiro atoms. The number of anilines is 2. The second kappa shape index (κ2) is 10.5. The van der Waals surface area contributed by atoms with E-state index in [4.69, 9.17) is 10.8 Å². The SMILES string of the molecule is Nc1nccc2c([C@@H]3CCCN(C(=O)C4CCC4)C3)nn(-c3ccc(C(=O)Nc4cc(C(F)(F)F)ccn4)cc3)c12. The first-order valence-corrected chi connectivity index (χ1v) is 13.6. The molecule has 1 aromatic carbocycles. The number of aromatic nitrogens is 4. The number of carbonyl (C=O) groups excluding carboxylic acids is 2. The lowest BCUT2D eigenvalue weighted by Crippen LogP contribution is -2.44. The zero-order chi connectivity index (χ0) is 28.7. The smallest absolute Gasteiger partial charge is 0.382 e. The van der Waals surface area contributed by atoms with Gasteiger partial charge >= 0.3 is 6.18 Å². The highest BCUT2D eigenvalue weighted by atomic mass is 19.4. The molecule has 1 saturated carbocycles. The van der Waals surface area contributed by atoms with Crippen molar-refractivity contribution in [3.05, 3.63) is 71.7 Å². The summed E-state index contributed by atoms with van der Waals surface area (Å²) in [7, 11) is 0. The summed E-state index contributed by atoms with van der Waals surface area (Å²) >= 11 is 0. The van der Waals surface area contributed by atoms with Gasteiger partial charge < -0.3 is 16.0 Å². The summed E-state index contributed by atoms with van der Waals surface area (Å²) in [5.74, 6) is -0.0787. The second-order valence-corrected chi connectivity index (χ2v) is 10.6. The number of benzene rings is 1. The first-order valence-electron chi connectivity index (χ1n) is 13.6. The van der Waals surface area contributed by atoms with Crippen molar-refractivity contribution in [1.82, 2.24) is 24.6 Å². The largest absolute Gasteiger partial charge is 0.416 e. The van der Waals surface area contributed by atoms with Gasteiger partial charge in [-0.05, 0) is 68.1 Å². The van der Waals surface area contributed by atoms with E-state index in [1.165, 1.54) is 0 Å². The second-order valence-electron chi connectivity index (χ2n) is 10.6. The summed E-state index contributed by atoms with van der Waals surface area (Å²) in [6, 6.07) is 9.97. The van der Waals surface area contributed by atoms with Crippen molar-refractivity contribution in [1.29, 1.82) is 0 Å². The summed E-state index contributed by atoms with van der Waals surface area (Å²) in [5.41, 5.74) is 7.74. The Balaban J connectivity index is 1.26. The minimum atomic E-state index is -4.55. The number of halogens is 3. The quantitative estimate of drug-likeness (QED) is 0.346. The van der Waals surface area contributed by atoms with E-state index in [0.29, 0.717) is 23.6 Å². The average molecular weight is 564 g/mol. The van der Waals surface area contributed by atoms with Crippen LogP contribution in [0.2, 0.25) is 0 Å². The van der Waals surface area contributed by atoms with Gasteiger partial charge in [-0.25, -0.2) is 14.6 Å².